The van der Waals surface area contributed by atoms with Crippen LogP contribution in [-0.2, 0) is 27.0 Å². The molecule has 43 heavy (non-hydrogen) atoms. The van der Waals surface area contributed by atoms with E-state index in [0.717, 1.165) is 39.8 Å². The molecule has 226 valence electrons. The van der Waals surface area contributed by atoms with Crippen molar-refractivity contribution in [3.05, 3.63) is 106 Å². The summed E-state index contributed by atoms with van der Waals surface area (Å²) >= 11 is 0. The van der Waals surface area contributed by atoms with Gasteiger partial charge in [0.25, 0.3) is 10.0 Å². The van der Waals surface area contributed by atoms with Gasteiger partial charge in [-0.1, -0.05) is 61.5 Å². The molecule has 0 aliphatic heterocycles. The van der Waals surface area contributed by atoms with Crippen LogP contribution in [-0.4, -0.2) is 41.3 Å². The second-order valence-electron chi connectivity index (χ2n) is 11.7. The van der Waals surface area contributed by atoms with E-state index in [1.54, 1.807) is 36.9 Å². The molecule has 4 aromatic rings. The third kappa shape index (κ3) is 8.06. The van der Waals surface area contributed by atoms with E-state index in [0.29, 0.717) is 30.9 Å². The van der Waals surface area contributed by atoms with Crippen molar-refractivity contribution in [3.63, 3.8) is 0 Å². The second kappa shape index (κ2) is 13.1. The number of benzene rings is 3. The fourth-order valence-electron chi connectivity index (χ4n) is 5.00. The monoisotopic (exact) mass is 600 g/mol. The van der Waals surface area contributed by atoms with Gasteiger partial charge >= 0.3 is 0 Å². The first kappa shape index (κ1) is 31.8. The summed E-state index contributed by atoms with van der Waals surface area (Å²) in [6, 6.07) is 22.1. The van der Waals surface area contributed by atoms with Gasteiger partial charge in [-0.15, -0.1) is 0 Å². The smallest absolute Gasteiger partial charge is 0.264 e. The summed E-state index contributed by atoms with van der Waals surface area (Å²) in [7, 11) is -3.92. The Morgan fingerprint density at radius 3 is 2.21 bits per heavy atom. The Kier molecular flexibility index (Phi) is 9.67. The van der Waals surface area contributed by atoms with Crippen LogP contribution in [0.5, 0.6) is 0 Å². The maximum Gasteiger partial charge on any atom is 0.264 e. The third-order valence-corrected chi connectivity index (χ3v) is 8.88. The molecule has 0 fully saturated rings. The minimum Gasteiger partial charge on any atom is -0.386 e. The lowest BCUT2D eigenvalue weighted by molar-refractivity contribution is -0.118. The zero-order valence-electron chi connectivity index (χ0n) is 25.6. The van der Waals surface area contributed by atoms with Crippen LogP contribution in [0.2, 0.25) is 0 Å². The predicted octanol–water partition coefficient (Wildman–Crippen LogP) is 6.25. The van der Waals surface area contributed by atoms with Crippen LogP contribution in [0.3, 0.4) is 0 Å². The molecular formula is C34H40N4O4S. The summed E-state index contributed by atoms with van der Waals surface area (Å²) in [6.07, 6.45) is 1.44. The summed E-state index contributed by atoms with van der Waals surface area (Å²) in [5, 5.41) is 10.2. The molecule has 4 rings (SSSR count). The van der Waals surface area contributed by atoms with Crippen LogP contribution in [0.1, 0.15) is 66.6 Å². The van der Waals surface area contributed by atoms with E-state index in [-0.39, 0.29) is 16.8 Å². The average Bonchev–Trinajstić information content (AvgIpc) is 2.94. The summed E-state index contributed by atoms with van der Waals surface area (Å²) in [5.74, 6) is -0.101. The summed E-state index contributed by atoms with van der Waals surface area (Å²) in [5.41, 5.74) is 5.94. The van der Waals surface area contributed by atoms with Crippen molar-refractivity contribution in [2.45, 2.75) is 70.9 Å². The minimum atomic E-state index is -3.92. The van der Waals surface area contributed by atoms with Crippen molar-refractivity contribution in [1.82, 2.24) is 14.9 Å². The lowest BCUT2D eigenvalue weighted by Gasteiger charge is -2.22. The molecule has 0 radical (unpaired) electrons. The van der Waals surface area contributed by atoms with E-state index in [2.05, 4.69) is 14.7 Å². The Morgan fingerprint density at radius 1 is 0.953 bits per heavy atom. The fourth-order valence-corrected chi connectivity index (χ4v) is 6.05. The minimum absolute atomic E-state index is 0.00245. The molecule has 9 heteroatoms. The topological polar surface area (TPSA) is 112 Å². The number of hydrogen-bond donors (Lipinski definition) is 2. The van der Waals surface area contributed by atoms with Gasteiger partial charge in [0.15, 0.2) is 0 Å². The quantitative estimate of drug-likeness (QED) is 0.186. The molecule has 1 atom stereocenters. The average molecular weight is 601 g/mol. The second-order valence-corrected chi connectivity index (χ2v) is 13.4. The van der Waals surface area contributed by atoms with Gasteiger partial charge in [0.05, 0.1) is 16.2 Å². The Labute approximate surface area is 254 Å². The number of hydrogen-bond acceptors (Lipinski definition) is 6. The highest BCUT2D eigenvalue weighted by Crippen LogP contribution is 2.30. The molecule has 1 unspecified atom stereocenters. The number of amides is 1. The Hall–Kier alpha value is -4.08. The van der Waals surface area contributed by atoms with Crippen LogP contribution in [0.4, 0.5) is 5.95 Å². The molecule has 0 spiro atoms. The third-order valence-electron chi connectivity index (χ3n) is 7.56. The highest BCUT2D eigenvalue weighted by atomic mass is 32.2. The van der Waals surface area contributed by atoms with E-state index in [1.807, 2.05) is 82.3 Å². The molecule has 8 nitrogen and oxygen atoms in total. The highest BCUT2D eigenvalue weighted by Gasteiger charge is 2.21. The first-order chi connectivity index (χ1) is 20.3. The number of carbonyl (C=O) groups is 1. The van der Waals surface area contributed by atoms with Crippen LogP contribution in [0, 0.1) is 20.8 Å². The van der Waals surface area contributed by atoms with Crippen LogP contribution in [0.25, 0.3) is 11.3 Å². The van der Waals surface area contributed by atoms with Gasteiger partial charge in [-0.05, 0) is 87.1 Å². The van der Waals surface area contributed by atoms with E-state index < -0.39 is 15.6 Å². The molecule has 0 saturated carbocycles. The standard InChI is InChI=1S/C34H40N4O4S/c1-23-9-7-12-29(19-23)43(41,42)37-33-35-30(20-31(36-33)32-25(3)10-8-11-26(32)4)24(2)17-18-38(22-39)21-27-13-15-28(16-14-27)34(5,6)40/h7-16,19-20,22,24,40H,17-18,21H2,1-6H3,(H,35,36,37). The predicted molar refractivity (Wildman–Crippen MR) is 170 cm³/mol. The maximum absolute atomic E-state index is 13.3. The Bertz CT molecular complexity index is 1680. The van der Waals surface area contributed by atoms with Gasteiger partial charge in [0.2, 0.25) is 12.4 Å². The number of rotatable bonds is 12. The van der Waals surface area contributed by atoms with Crippen LogP contribution < -0.4 is 4.72 Å². The highest BCUT2D eigenvalue weighted by molar-refractivity contribution is 7.92. The van der Waals surface area contributed by atoms with Gasteiger partial charge in [-0.2, -0.15) is 0 Å². The van der Waals surface area contributed by atoms with Crippen molar-refractivity contribution in [3.8, 4) is 11.3 Å². The largest absolute Gasteiger partial charge is 0.386 e. The lowest BCUT2D eigenvalue weighted by atomic mass is 9.96. The first-order valence-corrected chi connectivity index (χ1v) is 15.8. The fraction of sp³-hybridized carbons (Fsp3) is 0.324. The number of carbonyl (C=O) groups excluding carboxylic acids is 1. The van der Waals surface area contributed by atoms with Crippen LogP contribution in [0.15, 0.2) is 77.7 Å². The molecule has 1 amide bonds. The van der Waals surface area contributed by atoms with Crippen molar-refractivity contribution in [2.24, 2.45) is 0 Å². The molecule has 0 saturated heterocycles. The van der Waals surface area contributed by atoms with Gasteiger partial charge < -0.3 is 10.0 Å². The number of anilines is 1. The number of aromatic nitrogens is 2. The summed E-state index contributed by atoms with van der Waals surface area (Å²) in [6.45, 7) is 12.2. The van der Waals surface area contributed by atoms with Gasteiger partial charge in [-0.3, -0.25) is 4.79 Å². The van der Waals surface area contributed by atoms with Gasteiger partial charge in [0, 0.05) is 30.3 Å². The van der Waals surface area contributed by atoms with Crippen molar-refractivity contribution in [1.29, 1.82) is 0 Å². The van der Waals surface area contributed by atoms with Gasteiger partial charge in [-0.25, -0.2) is 23.1 Å². The van der Waals surface area contributed by atoms with Crippen molar-refractivity contribution < 1.29 is 18.3 Å². The number of nitrogens with one attached hydrogen (secondary N) is 1. The number of nitrogens with zero attached hydrogens (tertiary/aromatic N) is 3. The molecular weight excluding hydrogens is 560 g/mol. The molecule has 2 N–H and O–H groups in total. The molecule has 1 heterocycles. The maximum atomic E-state index is 13.3. The molecule has 1 aromatic heterocycles. The van der Waals surface area contributed by atoms with Crippen molar-refractivity contribution >= 4 is 22.4 Å². The molecule has 0 aliphatic carbocycles. The number of sulfonamides is 1. The SMILES string of the molecule is Cc1cccc(S(=O)(=O)Nc2nc(-c3c(C)cccc3C)cc(C(C)CCN(C=O)Cc3ccc(C(C)(C)O)cc3)n2)c1. The summed E-state index contributed by atoms with van der Waals surface area (Å²) in [4.78, 5) is 23.1. The van der Waals surface area contributed by atoms with Crippen molar-refractivity contribution in [2.75, 3.05) is 11.3 Å². The van der Waals surface area contributed by atoms with Crippen LogP contribution >= 0.6 is 0 Å². The first-order valence-electron chi connectivity index (χ1n) is 14.3. The van der Waals surface area contributed by atoms with E-state index >= 15 is 0 Å². The summed E-state index contributed by atoms with van der Waals surface area (Å²) < 4.78 is 29.1. The number of aryl methyl sites for hydroxylation is 3. The normalized spacial score (nSPS) is 12.5. The Balaban J connectivity index is 1.60. The molecule has 0 aliphatic rings. The van der Waals surface area contributed by atoms with Gasteiger partial charge in [0.1, 0.15) is 0 Å². The zero-order chi connectivity index (χ0) is 31.4. The lowest BCUT2D eigenvalue weighted by Crippen LogP contribution is -2.24. The zero-order valence-corrected chi connectivity index (χ0v) is 26.4. The van der Waals surface area contributed by atoms with E-state index in [1.165, 1.54) is 0 Å². The Morgan fingerprint density at radius 2 is 1.60 bits per heavy atom. The molecule has 0 bridgehead atoms. The van der Waals surface area contributed by atoms with E-state index in [4.69, 9.17) is 0 Å². The number of aliphatic hydroxyl groups is 1. The molecule has 3 aromatic carbocycles. The van der Waals surface area contributed by atoms with E-state index in [9.17, 15) is 18.3 Å².